The van der Waals surface area contributed by atoms with Gasteiger partial charge in [-0.25, -0.2) is 4.79 Å². The van der Waals surface area contributed by atoms with Gasteiger partial charge in [0, 0.05) is 54.8 Å². The van der Waals surface area contributed by atoms with E-state index in [0.29, 0.717) is 34.9 Å². The molecule has 4 aromatic carbocycles. The van der Waals surface area contributed by atoms with E-state index in [0.717, 1.165) is 24.2 Å². The molecule has 2 amide bonds. The highest BCUT2D eigenvalue weighted by Crippen LogP contribution is 2.40. The van der Waals surface area contributed by atoms with Gasteiger partial charge in [-0.15, -0.1) is 0 Å². The van der Waals surface area contributed by atoms with E-state index in [2.05, 4.69) is 53.4 Å². The van der Waals surface area contributed by atoms with Crippen LogP contribution in [0.3, 0.4) is 0 Å². The Bertz CT molecular complexity index is 1760. The van der Waals surface area contributed by atoms with E-state index in [4.69, 9.17) is 16.3 Å². The maximum absolute atomic E-state index is 13.8. The summed E-state index contributed by atoms with van der Waals surface area (Å²) < 4.78 is 5.44. The molecule has 0 spiro atoms. The van der Waals surface area contributed by atoms with E-state index in [1.165, 1.54) is 11.1 Å². The van der Waals surface area contributed by atoms with Crippen LogP contribution >= 0.6 is 11.6 Å². The van der Waals surface area contributed by atoms with Crippen LogP contribution in [0.15, 0.2) is 120 Å². The largest absolute Gasteiger partial charge is 0.463 e. The number of halogens is 1. The molecule has 1 unspecified atom stereocenters. The molecule has 0 bridgehead atoms. The highest BCUT2D eigenvalue weighted by molar-refractivity contribution is 6.31. The Balaban J connectivity index is 1.18. The number of esters is 1. The molecule has 6 rings (SSSR count). The first-order valence-corrected chi connectivity index (χ1v) is 16.9. The molecule has 1 fully saturated rings. The minimum atomic E-state index is -0.503. The zero-order valence-electron chi connectivity index (χ0n) is 27.3. The number of piperazine rings is 1. The van der Waals surface area contributed by atoms with Crippen molar-refractivity contribution >= 4 is 29.4 Å². The highest BCUT2D eigenvalue weighted by atomic mass is 35.5. The molecule has 2 aliphatic rings. The lowest BCUT2D eigenvalue weighted by atomic mass is 9.83. The minimum absolute atomic E-state index is 0.0318. The van der Waals surface area contributed by atoms with E-state index in [1.54, 1.807) is 24.8 Å². The van der Waals surface area contributed by atoms with Crippen molar-refractivity contribution in [2.24, 2.45) is 0 Å². The summed E-state index contributed by atoms with van der Waals surface area (Å²) in [7, 11) is 0. The monoisotopic (exact) mass is 661 g/mol. The van der Waals surface area contributed by atoms with Gasteiger partial charge in [0.25, 0.3) is 5.91 Å². The maximum Gasteiger partial charge on any atom is 0.336 e. The van der Waals surface area contributed by atoms with Crippen molar-refractivity contribution < 1.29 is 19.1 Å². The predicted octanol–water partition coefficient (Wildman–Crippen LogP) is 7.24. The number of ether oxygens (including phenoxy) is 1. The highest BCUT2D eigenvalue weighted by Gasteiger charge is 2.38. The van der Waals surface area contributed by atoms with E-state index in [9.17, 15) is 14.4 Å². The number of carbonyl (C=O) groups excluding carboxylic acids is 3. The first-order valence-electron chi connectivity index (χ1n) is 16.5. The van der Waals surface area contributed by atoms with Crippen molar-refractivity contribution in [3.8, 4) is 0 Å². The molecule has 0 saturated carbocycles. The molecule has 2 aliphatic heterocycles. The maximum atomic E-state index is 13.8. The molecule has 4 aromatic rings. The quantitative estimate of drug-likeness (QED) is 0.177. The molecule has 7 nitrogen and oxygen atoms in total. The topological polar surface area (TPSA) is 70.2 Å². The van der Waals surface area contributed by atoms with Crippen LogP contribution in [0.2, 0.25) is 5.02 Å². The molecule has 1 saturated heterocycles. The number of hydrogen-bond acceptors (Lipinski definition) is 5. The molecule has 48 heavy (non-hydrogen) atoms. The fraction of sp³-hybridized carbons (Fsp3) is 0.275. The second-order valence-corrected chi connectivity index (χ2v) is 12.6. The van der Waals surface area contributed by atoms with Crippen LogP contribution in [0.5, 0.6) is 0 Å². The summed E-state index contributed by atoms with van der Waals surface area (Å²) in [5, 5.41) is 0.501. The Hall–Kier alpha value is -4.72. The number of amides is 2. The number of nitrogens with zero attached hydrogens (tertiary/aromatic N) is 3. The van der Waals surface area contributed by atoms with Crippen molar-refractivity contribution in [3.63, 3.8) is 0 Å². The van der Waals surface area contributed by atoms with Gasteiger partial charge in [-0.1, -0.05) is 103 Å². The number of rotatable bonds is 9. The van der Waals surface area contributed by atoms with Gasteiger partial charge in [-0.05, 0) is 54.3 Å². The lowest BCUT2D eigenvalue weighted by Crippen LogP contribution is -2.49. The van der Waals surface area contributed by atoms with Crippen molar-refractivity contribution in [1.82, 2.24) is 14.7 Å². The molecule has 246 valence electrons. The average molecular weight is 662 g/mol. The molecule has 0 aliphatic carbocycles. The summed E-state index contributed by atoms with van der Waals surface area (Å²) in [6.45, 7) is 6.70. The molecule has 0 aromatic heterocycles. The number of hydrogen-bond donors (Lipinski definition) is 0. The Kier molecular flexibility index (Phi) is 10.4. The van der Waals surface area contributed by atoms with Crippen LogP contribution in [0, 0.1) is 0 Å². The van der Waals surface area contributed by atoms with Crippen molar-refractivity contribution in [3.05, 3.63) is 153 Å². The summed E-state index contributed by atoms with van der Waals surface area (Å²) in [5.74, 6) is -1.11. The Labute approximate surface area is 287 Å². The smallest absolute Gasteiger partial charge is 0.336 e. The number of benzene rings is 4. The van der Waals surface area contributed by atoms with E-state index >= 15 is 0 Å². The van der Waals surface area contributed by atoms with Crippen LogP contribution in [-0.4, -0.2) is 65.3 Å². The zero-order chi connectivity index (χ0) is 33.6. The second kappa shape index (κ2) is 15.0. The van der Waals surface area contributed by atoms with Crippen LogP contribution in [0.1, 0.15) is 64.8 Å². The summed E-state index contributed by atoms with van der Waals surface area (Å²) >= 11 is 6.52. The SMILES string of the molecule is CCOC(=O)C1=C(C)N(Cc2cccc(C(=O)N3CCN(C(c4ccccc4)c4ccccc4)CC3)c2)C(=O)CC1c1ccccc1Cl. The Morgan fingerprint density at radius 2 is 1.46 bits per heavy atom. The predicted molar refractivity (Wildman–Crippen MR) is 187 cm³/mol. The third kappa shape index (κ3) is 7.08. The van der Waals surface area contributed by atoms with Gasteiger partial charge < -0.3 is 14.5 Å². The fourth-order valence-corrected chi connectivity index (χ4v) is 7.20. The summed E-state index contributed by atoms with van der Waals surface area (Å²) in [6.07, 6.45) is 0.0884. The van der Waals surface area contributed by atoms with Crippen LogP contribution in [-0.2, 0) is 20.9 Å². The van der Waals surface area contributed by atoms with Gasteiger partial charge in [0.2, 0.25) is 5.91 Å². The molecule has 0 N–H and O–H groups in total. The van der Waals surface area contributed by atoms with Gasteiger partial charge in [0.15, 0.2) is 0 Å². The summed E-state index contributed by atoms with van der Waals surface area (Å²) in [6, 6.07) is 35.9. The lowest BCUT2D eigenvalue weighted by Gasteiger charge is -2.40. The number of allylic oxidation sites excluding steroid dienone is 1. The van der Waals surface area contributed by atoms with Gasteiger partial charge in [0.1, 0.15) is 0 Å². The molecule has 8 heteroatoms. The third-order valence-corrected chi connectivity index (χ3v) is 9.65. The fourth-order valence-electron chi connectivity index (χ4n) is 6.94. The molecular formula is C40H40ClN3O4. The summed E-state index contributed by atoms with van der Waals surface area (Å²) in [4.78, 5) is 46.6. The van der Waals surface area contributed by atoms with Crippen LogP contribution in [0.4, 0.5) is 0 Å². The molecule has 1 atom stereocenters. The average Bonchev–Trinajstić information content (AvgIpc) is 3.11. The third-order valence-electron chi connectivity index (χ3n) is 9.31. The molecular weight excluding hydrogens is 622 g/mol. The Morgan fingerprint density at radius 3 is 2.08 bits per heavy atom. The van der Waals surface area contributed by atoms with E-state index in [1.807, 2.05) is 59.5 Å². The van der Waals surface area contributed by atoms with Crippen LogP contribution < -0.4 is 0 Å². The van der Waals surface area contributed by atoms with Gasteiger partial charge in [0.05, 0.1) is 24.8 Å². The van der Waals surface area contributed by atoms with Crippen LogP contribution in [0.25, 0.3) is 0 Å². The lowest BCUT2D eigenvalue weighted by molar-refractivity contribution is -0.140. The van der Waals surface area contributed by atoms with Crippen molar-refractivity contribution in [1.29, 1.82) is 0 Å². The summed E-state index contributed by atoms with van der Waals surface area (Å²) in [5.41, 5.74) is 5.54. The van der Waals surface area contributed by atoms with E-state index in [-0.39, 0.29) is 37.4 Å². The van der Waals surface area contributed by atoms with Gasteiger partial charge in [-0.3, -0.25) is 14.5 Å². The number of carbonyl (C=O) groups is 3. The molecule has 0 radical (unpaired) electrons. The van der Waals surface area contributed by atoms with E-state index < -0.39 is 11.9 Å². The molecule has 2 heterocycles. The van der Waals surface area contributed by atoms with Gasteiger partial charge in [-0.2, -0.15) is 0 Å². The van der Waals surface area contributed by atoms with Crippen molar-refractivity contribution in [2.75, 3.05) is 32.8 Å². The Morgan fingerprint density at radius 1 is 0.833 bits per heavy atom. The standard InChI is InChI=1S/C40H40ClN3O4/c1-3-48-40(47)37-28(2)44(36(45)26-34(37)33-19-10-11-20-35(33)41)27-29-13-12-18-32(25-29)39(46)43-23-21-42(22-24-43)38(30-14-6-4-7-15-30)31-16-8-5-9-17-31/h4-20,25,34,38H,3,21-24,26-27H2,1-2H3. The second-order valence-electron chi connectivity index (χ2n) is 12.2. The minimum Gasteiger partial charge on any atom is -0.463 e. The van der Waals surface area contributed by atoms with Gasteiger partial charge >= 0.3 is 5.97 Å². The normalized spacial score (nSPS) is 17.2. The van der Waals surface area contributed by atoms with Crippen molar-refractivity contribution in [2.45, 2.75) is 38.8 Å². The first kappa shape index (κ1) is 33.2. The zero-order valence-corrected chi connectivity index (χ0v) is 28.1. The first-order chi connectivity index (χ1) is 23.4.